The Morgan fingerprint density at radius 2 is 1.56 bits per heavy atom. The summed E-state index contributed by atoms with van der Waals surface area (Å²) >= 11 is 0. The van der Waals surface area contributed by atoms with Gasteiger partial charge in [-0.1, -0.05) is 30.3 Å². The van der Waals surface area contributed by atoms with Gasteiger partial charge in [-0.05, 0) is 50.5 Å². The van der Waals surface area contributed by atoms with Crippen LogP contribution in [0.1, 0.15) is 45.1 Å². The van der Waals surface area contributed by atoms with Crippen LogP contribution < -0.4 is 5.73 Å². The molecule has 16 heavy (non-hydrogen) atoms. The molecule has 0 amide bonds. The minimum atomic E-state index is -0.0423. The highest BCUT2D eigenvalue weighted by atomic mass is 14.9. The zero-order valence-electron chi connectivity index (χ0n) is 10.3. The lowest BCUT2D eigenvalue weighted by atomic mass is 9.69. The maximum atomic E-state index is 6.44. The molecule has 0 spiro atoms. The van der Waals surface area contributed by atoms with E-state index in [1.54, 1.807) is 0 Å². The van der Waals surface area contributed by atoms with Crippen molar-refractivity contribution < 1.29 is 0 Å². The van der Waals surface area contributed by atoms with Gasteiger partial charge in [0.05, 0.1) is 0 Å². The topological polar surface area (TPSA) is 26.0 Å². The molecule has 0 radical (unpaired) electrons. The van der Waals surface area contributed by atoms with Crippen molar-refractivity contribution in [3.8, 4) is 0 Å². The van der Waals surface area contributed by atoms with Crippen LogP contribution in [0.3, 0.4) is 0 Å². The molecule has 2 aliphatic carbocycles. The summed E-state index contributed by atoms with van der Waals surface area (Å²) in [5, 5.41) is 0. The standard InChI is InChI=1S/C15H21N/c1-13(2,16)15(10-11-15)14(8-9-14)12-6-4-3-5-7-12/h3-7H,8-11,16H2,1-2H3. The zero-order valence-corrected chi connectivity index (χ0v) is 10.3. The third-order valence-corrected chi connectivity index (χ3v) is 4.98. The van der Waals surface area contributed by atoms with E-state index in [4.69, 9.17) is 5.73 Å². The lowest BCUT2D eigenvalue weighted by Gasteiger charge is -2.38. The van der Waals surface area contributed by atoms with Crippen LogP contribution >= 0.6 is 0 Å². The first-order chi connectivity index (χ1) is 7.52. The van der Waals surface area contributed by atoms with E-state index in [1.807, 2.05) is 0 Å². The summed E-state index contributed by atoms with van der Waals surface area (Å²) in [5.41, 5.74) is 8.70. The summed E-state index contributed by atoms with van der Waals surface area (Å²) < 4.78 is 0. The fourth-order valence-corrected chi connectivity index (χ4v) is 3.79. The molecule has 0 heterocycles. The smallest absolute Gasteiger partial charge is 0.0162 e. The molecule has 0 bridgehead atoms. The molecule has 1 heteroatoms. The third-order valence-electron chi connectivity index (χ3n) is 4.98. The van der Waals surface area contributed by atoms with Crippen molar-refractivity contribution in [2.75, 3.05) is 0 Å². The van der Waals surface area contributed by atoms with Crippen molar-refractivity contribution >= 4 is 0 Å². The summed E-state index contributed by atoms with van der Waals surface area (Å²) in [4.78, 5) is 0. The van der Waals surface area contributed by atoms with Gasteiger partial charge in [-0.3, -0.25) is 0 Å². The van der Waals surface area contributed by atoms with Gasteiger partial charge >= 0.3 is 0 Å². The number of nitrogens with two attached hydrogens (primary N) is 1. The normalized spacial score (nSPS) is 25.2. The molecule has 1 nitrogen and oxygen atoms in total. The highest BCUT2D eigenvalue weighted by molar-refractivity contribution is 5.40. The number of hydrogen-bond acceptors (Lipinski definition) is 1. The van der Waals surface area contributed by atoms with Crippen LogP contribution in [0.15, 0.2) is 30.3 Å². The minimum absolute atomic E-state index is 0.0423. The number of rotatable bonds is 3. The molecule has 0 atom stereocenters. The molecule has 1 aromatic carbocycles. The van der Waals surface area contributed by atoms with Gasteiger partial charge in [0.1, 0.15) is 0 Å². The van der Waals surface area contributed by atoms with E-state index in [9.17, 15) is 0 Å². The summed E-state index contributed by atoms with van der Waals surface area (Å²) in [6.07, 6.45) is 5.28. The molecular formula is C15H21N. The molecule has 2 fully saturated rings. The molecule has 0 aromatic heterocycles. The highest BCUT2D eigenvalue weighted by Gasteiger charge is 2.70. The van der Waals surface area contributed by atoms with Crippen LogP contribution in [0.2, 0.25) is 0 Å². The average Bonchev–Trinajstić information content (AvgIpc) is 3.11. The molecular weight excluding hydrogens is 194 g/mol. The van der Waals surface area contributed by atoms with Gasteiger partial charge in [0, 0.05) is 11.0 Å². The van der Waals surface area contributed by atoms with Crippen LogP contribution in [0.25, 0.3) is 0 Å². The Hall–Kier alpha value is -0.820. The van der Waals surface area contributed by atoms with Gasteiger partial charge in [0.25, 0.3) is 0 Å². The second kappa shape index (κ2) is 2.89. The van der Waals surface area contributed by atoms with Crippen molar-refractivity contribution in [3.05, 3.63) is 35.9 Å². The first-order valence-corrected chi connectivity index (χ1v) is 6.36. The van der Waals surface area contributed by atoms with Gasteiger partial charge in [0.2, 0.25) is 0 Å². The Bertz CT molecular complexity index is 391. The Morgan fingerprint density at radius 3 is 1.94 bits per heavy atom. The Kier molecular flexibility index (Phi) is 1.87. The van der Waals surface area contributed by atoms with Gasteiger partial charge < -0.3 is 5.73 Å². The van der Waals surface area contributed by atoms with Crippen LogP contribution in [-0.2, 0) is 5.41 Å². The van der Waals surface area contributed by atoms with E-state index in [0.717, 1.165) is 0 Å². The fourth-order valence-electron chi connectivity index (χ4n) is 3.79. The predicted octanol–water partition coefficient (Wildman–Crippen LogP) is 3.24. The molecule has 2 aliphatic rings. The Labute approximate surface area is 98.0 Å². The van der Waals surface area contributed by atoms with Crippen molar-refractivity contribution in [2.45, 2.75) is 50.5 Å². The molecule has 3 rings (SSSR count). The SMILES string of the molecule is CC(C)(N)C1(C2(c3ccccc3)CC2)CC1. The monoisotopic (exact) mass is 215 g/mol. The predicted molar refractivity (Wildman–Crippen MR) is 67.3 cm³/mol. The molecule has 0 aliphatic heterocycles. The molecule has 86 valence electrons. The number of benzene rings is 1. The van der Waals surface area contributed by atoms with Crippen LogP contribution in [0, 0.1) is 5.41 Å². The lowest BCUT2D eigenvalue weighted by Crippen LogP contribution is -2.48. The summed E-state index contributed by atoms with van der Waals surface area (Å²) in [5.74, 6) is 0. The maximum Gasteiger partial charge on any atom is 0.0162 e. The van der Waals surface area contributed by atoms with Crippen molar-refractivity contribution in [3.63, 3.8) is 0 Å². The van der Waals surface area contributed by atoms with Gasteiger partial charge in [0.15, 0.2) is 0 Å². The van der Waals surface area contributed by atoms with E-state index in [1.165, 1.54) is 31.2 Å². The highest BCUT2D eigenvalue weighted by Crippen LogP contribution is 2.74. The summed E-state index contributed by atoms with van der Waals surface area (Å²) in [6, 6.07) is 11.0. The van der Waals surface area contributed by atoms with Gasteiger partial charge in [-0.15, -0.1) is 0 Å². The van der Waals surface area contributed by atoms with Crippen LogP contribution in [0.5, 0.6) is 0 Å². The van der Waals surface area contributed by atoms with E-state index >= 15 is 0 Å². The largest absolute Gasteiger partial charge is 0.325 e. The average molecular weight is 215 g/mol. The van der Waals surface area contributed by atoms with E-state index < -0.39 is 0 Å². The van der Waals surface area contributed by atoms with Crippen molar-refractivity contribution in [1.82, 2.24) is 0 Å². The Balaban J connectivity index is 2.02. The number of hydrogen-bond donors (Lipinski definition) is 1. The molecule has 1 aromatic rings. The molecule has 0 unspecified atom stereocenters. The molecule has 0 saturated heterocycles. The van der Waals surface area contributed by atoms with Crippen molar-refractivity contribution in [2.24, 2.45) is 11.1 Å². The summed E-state index contributed by atoms with van der Waals surface area (Å²) in [7, 11) is 0. The second-order valence-corrected chi connectivity index (χ2v) is 6.25. The minimum Gasteiger partial charge on any atom is -0.325 e. The first-order valence-electron chi connectivity index (χ1n) is 6.36. The van der Waals surface area contributed by atoms with E-state index in [-0.39, 0.29) is 5.54 Å². The van der Waals surface area contributed by atoms with Gasteiger partial charge in [-0.2, -0.15) is 0 Å². The third kappa shape index (κ3) is 1.15. The Morgan fingerprint density at radius 1 is 1.00 bits per heavy atom. The second-order valence-electron chi connectivity index (χ2n) is 6.25. The van der Waals surface area contributed by atoms with Gasteiger partial charge in [-0.25, -0.2) is 0 Å². The maximum absolute atomic E-state index is 6.44. The van der Waals surface area contributed by atoms with E-state index in [0.29, 0.717) is 10.8 Å². The molecule has 2 N–H and O–H groups in total. The van der Waals surface area contributed by atoms with Crippen LogP contribution in [-0.4, -0.2) is 5.54 Å². The lowest BCUT2D eigenvalue weighted by molar-refractivity contribution is 0.226. The van der Waals surface area contributed by atoms with Crippen molar-refractivity contribution in [1.29, 1.82) is 0 Å². The summed E-state index contributed by atoms with van der Waals surface area (Å²) in [6.45, 7) is 4.42. The first kappa shape index (κ1) is 10.3. The van der Waals surface area contributed by atoms with E-state index in [2.05, 4.69) is 44.2 Å². The quantitative estimate of drug-likeness (QED) is 0.823. The fraction of sp³-hybridized carbons (Fsp3) is 0.600. The molecule has 2 saturated carbocycles. The zero-order chi connectivity index (χ0) is 11.4. The van der Waals surface area contributed by atoms with Crippen LogP contribution in [0.4, 0.5) is 0 Å².